The second-order valence-electron chi connectivity index (χ2n) is 3.61. The normalized spacial score (nSPS) is 13.4. The first-order chi connectivity index (χ1) is 6.74. The summed E-state index contributed by atoms with van der Waals surface area (Å²) in [7, 11) is 0. The summed E-state index contributed by atoms with van der Waals surface area (Å²) in [4.78, 5) is 0. The van der Waals surface area contributed by atoms with E-state index in [0.717, 1.165) is 6.54 Å². The van der Waals surface area contributed by atoms with Gasteiger partial charge in [0.15, 0.2) is 0 Å². The van der Waals surface area contributed by atoms with Gasteiger partial charge in [-0.15, -0.1) is 0 Å². The van der Waals surface area contributed by atoms with Gasteiger partial charge in [-0.05, 0) is 26.3 Å². The Morgan fingerprint density at radius 1 is 1.29 bits per heavy atom. The average Bonchev–Trinajstić information content (AvgIpc) is 2.19. The smallest absolute Gasteiger partial charge is 0.0294 e. The van der Waals surface area contributed by atoms with Gasteiger partial charge in [-0.25, -0.2) is 0 Å². The number of benzene rings is 1. The topological polar surface area (TPSA) is 12.0 Å². The van der Waals surface area contributed by atoms with E-state index in [2.05, 4.69) is 55.6 Å². The number of nitrogens with one attached hydrogen (secondary N) is 1. The van der Waals surface area contributed by atoms with Gasteiger partial charge in [0.25, 0.3) is 0 Å². The molecule has 1 atom stereocenters. The predicted octanol–water partition coefficient (Wildman–Crippen LogP) is 3.22. The molecule has 1 N–H and O–H groups in total. The molecule has 0 saturated carbocycles. The van der Waals surface area contributed by atoms with Gasteiger partial charge in [-0.2, -0.15) is 0 Å². The minimum atomic E-state index is 0.423. The van der Waals surface area contributed by atoms with E-state index in [9.17, 15) is 0 Å². The predicted molar refractivity (Wildman–Crippen MR) is 62.4 cm³/mol. The first-order valence-electron chi connectivity index (χ1n) is 5.15. The van der Waals surface area contributed by atoms with Crippen LogP contribution >= 0.6 is 0 Å². The van der Waals surface area contributed by atoms with Crippen LogP contribution in [-0.4, -0.2) is 6.54 Å². The quantitative estimate of drug-likeness (QED) is 0.717. The molecule has 0 aliphatic carbocycles. The van der Waals surface area contributed by atoms with Crippen LogP contribution in [0.3, 0.4) is 0 Å². The first kappa shape index (κ1) is 11.0. The van der Waals surface area contributed by atoms with Crippen molar-refractivity contribution in [3.8, 4) is 0 Å². The van der Waals surface area contributed by atoms with E-state index in [1.807, 2.05) is 6.92 Å². The first-order valence-corrected chi connectivity index (χ1v) is 5.15. The lowest BCUT2D eigenvalue weighted by Gasteiger charge is -2.12. The molecule has 0 saturated heterocycles. The fourth-order valence-electron chi connectivity index (χ4n) is 1.34. The van der Waals surface area contributed by atoms with Crippen LogP contribution in [0.1, 0.15) is 31.0 Å². The van der Waals surface area contributed by atoms with Crippen LogP contribution in [0.15, 0.2) is 36.4 Å². The van der Waals surface area contributed by atoms with Gasteiger partial charge in [-0.3, -0.25) is 0 Å². The molecule has 1 aromatic rings. The molecule has 76 valence electrons. The van der Waals surface area contributed by atoms with Gasteiger partial charge >= 0.3 is 0 Å². The van der Waals surface area contributed by atoms with Crippen molar-refractivity contribution in [2.75, 3.05) is 6.54 Å². The van der Waals surface area contributed by atoms with Crippen LogP contribution in [0.4, 0.5) is 0 Å². The molecule has 0 aliphatic heterocycles. The fraction of sp³-hybridized carbons (Fsp3) is 0.385. The highest BCUT2D eigenvalue weighted by Gasteiger charge is 2.01. The highest BCUT2D eigenvalue weighted by Crippen LogP contribution is 2.12. The van der Waals surface area contributed by atoms with E-state index in [-0.39, 0.29) is 0 Å². The van der Waals surface area contributed by atoms with Crippen molar-refractivity contribution in [3.05, 3.63) is 47.5 Å². The Balaban J connectivity index is 2.51. The minimum Gasteiger partial charge on any atom is -0.307 e. The van der Waals surface area contributed by atoms with Crippen molar-refractivity contribution in [2.45, 2.75) is 26.8 Å². The Kier molecular flexibility index (Phi) is 4.41. The van der Waals surface area contributed by atoms with Crippen molar-refractivity contribution >= 4 is 0 Å². The van der Waals surface area contributed by atoms with E-state index in [0.29, 0.717) is 6.04 Å². The summed E-state index contributed by atoms with van der Waals surface area (Å²) < 4.78 is 0. The lowest BCUT2D eigenvalue weighted by Crippen LogP contribution is -2.18. The molecule has 0 fully saturated rings. The van der Waals surface area contributed by atoms with Crippen molar-refractivity contribution in [1.82, 2.24) is 5.32 Å². The molecule has 0 aliphatic rings. The third kappa shape index (κ3) is 3.35. The van der Waals surface area contributed by atoms with Gasteiger partial charge in [-0.1, -0.05) is 42.0 Å². The molecule has 0 spiro atoms. The van der Waals surface area contributed by atoms with Crippen molar-refractivity contribution in [2.24, 2.45) is 0 Å². The monoisotopic (exact) mass is 189 g/mol. The zero-order valence-electron chi connectivity index (χ0n) is 9.25. The summed E-state index contributed by atoms with van der Waals surface area (Å²) in [6.45, 7) is 7.28. The molecule has 14 heavy (non-hydrogen) atoms. The molecule has 1 aromatic carbocycles. The van der Waals surface area contributed by atoms with Crippen LogP contribution in [0.2, 0.25) is 0 Å². The van der Waals surface area contributed by atoms with Crippen LogP contribution in [-0.2, 0) is 0 Å². The lowest BCUT2D eigenvalue weighted by atomic mass is 10.1. The second kappa shape index (κ2) is 5.61. The zero-order valence-corrected chi connectivity index (χ0v) is 9.25. The molecule has 0 radical (unpaired) electrons. The maximum atomic E-state index is 3.43. The Labute approximate surface area is 86.8 Å². The fourth-order valence-corrected chi connectivity index (χ4v) is 1.34. The van der Waals surface area contributed by atoms with Crippen molar-refractivity contribution in [1.29, 1.82) is 0 Å². The average molecular weight is 189 g/mol. The highest BCUT2D eigenvalue weighted by atomic mass is 14.9. The molecule has 1 rings (SSSR count). The molecule has 0 aromatic heterocycles. The van der Waals surface area contributed by atoms with Crippen LogP contribution in [0, 0.1) is 6.92 Å². The molecular formula is C13H19N. The Morgan fingerprint density at radius 2 is 1.93 bits per heavy atom. The molecular weight excluding hydrogens is 170 g/mol. The Hall–Kier alpha value is -1.08. The van der Waals surface area contributed by atoms with E-state index in [4.69, 9.17) is 0 Å². The maximum Gasteiger partial charge on any atom is 0.0294 e. The maximum absolute atomic E-state index is 3.43. The standard InChI is InChI=1S/C13H19N/c1-4-5-10-14-12(3)13-8-6-11(2)7-9-13/h4-9,12,14H,10H2,1-3H3/b5-4+/t12-/m0/s1. The minimum absolute atomic E-state index is 0.423. The molecule has 0 unspecified atom stereocenters. The SMILES string of the molecule is C/C=C/CN[C@@H](C)c1ccc(C)cc1. The summed E-state index contributed by atoms with van der Waals surface area (Å²) >= 11 is 0. The number of hydrogen-bond acceptors (Lipinski definition) is 1. The third-order valence-corrected chi connectivity index (χ3v) is 2.35. The van der Waals surface area contributed by atoms with Gasteiger partial charge in [0, 0.05) is 12.6 Å². The summed E-state index contributed by atoms with van der Waals surface area (Å²) in [5.74, 6) is 0. The lowest BCUT2D eigenvalue weighted by molar-refractivity contribution is 0.617. The highest BCUT2D eigenvalue weighted by molar-refractivity contribution is 5.23. The molecule has 1 nitrogen and oxygen atoms in total. The summed E-state index contributed by atoms with van der Waals surface area (Å²) in [5.41, 5.74) is 2.66. The van der Waals surface area contributed by atoms with Gasteiger partial charge in [0.1, 0.15) is 0 Å². The Bertz CT molecular complexity index is 285. The largest absolute Gasteiger partial charge is 0.307 e. The molecule has 0 amide bonds. The number of allylic oxidation sites excluding steroid dienone is 1. The zero-order chi connectivity index (χ0) is 10.4. The van der Waals surface area contributed by atoms with E-state index >= 15 is 0 Å². The van der Waals surface area contributed by atoms with Crippen LogP contribution in [0.25, 0.3) is 0 Å². The Morgan fingerprint density at radius 3 is 2.50 bits per heavy atom. The number of rotatable bonds is 4. The van der Waals surface area contributed by atoms with Gasteiger partial charge in [0.2, 0.25) is 0 Å². The second-order valence-corrected chi connectivity index (χ2v) is 3.61. The van der Waals surface area contributed by atoms with E-state index in [1.54, 1.807) is 0 Å². The van der Waals surface area contributed by atoms with E-state index in [1.165, 1.54) is 11.1 Å². The summed E-state index contributed by atoms with van der Waals surface area (Å²) in [6, 6.07) is 9.10. The van der Waals surface area contributed by atoms with Gasteiger partial charge in [0.05, 0.1) is 0 Å². The van der Waals surface area contributed by atoms with Crippen molar-refractivity contribution < 1.29 is 0 Å². The molecule has 0 heterocycles. The van der Waals surface area contributed by atoms with Crippen LogP contribution in [0.5, 0.6) is 0 Å². The third-order valence-electron chi connectivity index (χ3n) is 2.35. The van der Waals surface area contributed by atoms with Gasteiger partial charge < -0.3 is 5.32 Å². The van der Waals surface area contributed by atoms with Crippen LogP contribution < -0.4 is 5.32 Å². The van der Waals surface area contributed by atoms with Crippen molar-refractivity contribution in [3.63, 3.8) is 0 Å². The molecule has 1 heteroatoms. The number of aryl methyl sites for hydroxylation is 1. The molecule has 0 bridgehead atoms. The summed E-state index contributed by atoms with van der Waals surface area (Å²) in [5, 5.41) is 3.43. The number of hydrogen-bond donors (Lipinski definition) is 1. The van der Waals surface area contributed by atoms with E-state index < -0.39 is 0 Å². The summed E-state index contributed by atoms with van der Waals surface area (Å²) in [6.07, 6.45) is 4.19.